The Morgan fingerprint density at radius 2 is 2.30 bits per heavy atom. The number of carbonyl (C=O) groups excluding carboxylic acids is 2. The minimum Gasteiger partial charge on any atom is -0.361 e. The van der Waals surface area contributed by atoms with Gasteiger partial charge in [-0.2, -0.15) is 0 Å². The average Bonchev–Trinajstić information content (AvgIpc) is 3.12. The third-order valence-electron chi connectivity index (χ3n) is 3.63. The van der Waals surface area contributed by atoms with Crippen LogP contribution in [0.25, 0.3) is 0 Å². The molecular weight excluding hydrogens is 316 g/mol. The highest BCUT2D eigenvalue weighted by Crippen LogP contribution is 2.29. The zero-order valence-corrected chi connectivity index (χ0v) is 13.9. The molecule has 1 aliphatic rings. The minimum absolute atomic E-state index is 0.176. The molecule has 8 heteroatoms. The SMILES string of the molecule is CCCC(=O)N1CCc2nc(NC(=O)c3cc(C)on3)sc2C1. The molecule has 2 amide bonds. The number of carbonyl (C=O) groups is 2. The third kappa shape index (κ3) is 3.42. The van der Waals surface area contributed by atoms with Crippen LogP contribution in [0.2, 0.25) is 0 Å². The highest BCUT2D eigenvalue weighted by molar-refractivity contribution is 7.15. The number of anilines is 1. The maximum atomic E-state index is 12.1. The van der Waals surface area contributed by atoms with Crippen LogP contribution in [0, 0.1) is 6.92 Å². The molecule has 0 aliphatic carbocycles. The topological polar surface area (TPSA) is 88.3 Å². The van der Waals surface area contributed by atoms with Gasteiger partial charge in [-0.25, -0.2) is 4.98 Å². The van der Waals surface area contributed by atoms with Gasteiger partial charge in [0.1, 0.15) is 5.76 Å². The predicted molar refractivity (Wildman–Crippen MR) is 85.3 cm³/mol. The van der Waals surface area contributed by atoms with Gasteiger partial charge in [0.25, 0.3) is 5.91 Å². The second-order valence-electron chi connectivity index (χ2n) is 5.48. The van der Waals surface area contributed by atoms with Gasteiger partial charge in [-0.1, -0.05) is 23.4 Å². The number of nitrogens with one attached hydrogen (secondary N) is 1. The summed E-state index contributed by atoms with van der Waals surface area (Å²) in [6.07, 6.45) is 2.15. The van der Waals surface area contributed by atoms with Crippen LogP contribution >= 0.6 is 11.3 Å². The molecule has 0 radical (unpaired) electrons. The summed E-state index contributed by atoms with van der Waals surface area (Å²) in [6.45, 7) is 4.99. The van der Waals surface area contributed by atoms with Crippen molar-refractivity contribution < 1.29 is 14.1 Å². The Balaban J connectivity index is 1.68. The van der Waals surface area contributed by atoms with E-state index in [-0.39, 0.29) is 17.5 Å². The Morgan fingerprint density at radius 1 is 1.48 bits per heavy atom. The van der Waals surface area contributed by atoms with Gasteiger partial charge in [0.05, 0.1) is 12.2 Å². The van der Waals surface area contributed by atoms with Crippen molar-refractivity contribution in [1.29, 1.82) is 0 Å². The fourth-order valence-corrected chi connectivity index (χ4v) is 3.49. The summed E-state index contributed by atoms with van der Waals surface area (Å²) in [5.74, 6) is 0.417. The van der Waals surface area contributed by atoms with Gasteiger partial charge in [0, 0.05) is 30.3 Å². The monoisotopic (exact) mass is 334 g/mol. The number of fused-ring (bicyclic) bond motifs is 1. The van der Waals surface area contributed by atoms with E-state index in [2.05, 4.69) is 15.5 Å². The van der Waals surface area contributed by atoms with Gasteiger partial charge in [-0.15, -0.1) is 0 Å². The Morgan fingerprint density at radius 3 is 3.00 bits per heavy atom. The molecule has 0 fully saturated rings. The Bertz CT molecular complexity index is 737. The number of thiazole rings is 1. The fourth-order valence-electron chi connectivity index (χ4n) is 2.47. The van der Waals surface area contributed by atoms with E-state index < -0.39 is 0 Å². The second kappa shape index (κ2) is 6.49. The maximum absolute atomic E-state index is 12.1. The van der Waals surface area contributed by atoms with E-state index in [0.29, 0.717) is 30.4 Å². The second-order valence-corrected chi connectivity index (χ2v) is 6.56. The number of aryl methyl sites for hydroxylation is 1. The molecule has 0 saturated carbocycles. The number of rotatable bonds is 4. The quantitative estimate of drug-likeness (QED) is 0.927. The zero-order valence-electron chi connectivity index (χ0n) is 13.1. The van der Waals surface area contributed by atoms with Crippen LogP contribution in [0.15, 0.2) is 10.6 Å². The first-order valence-electron chi connectivity index (χ1n) is 7.58. The summed E-state index contributed by atoms with van der Waals surface area (Å²) < 4.78 is 4.90. The van der Waals surface area contributed by atoms with Crippen molar-refractivity contribution in [3.05, 3.63) is 28.1 Å². The molecule has 0 saturated heterocycles. The van der Waals surface area contributed by atoms with E-state index in [1.165, 1.54) is 11.3 Å². The number of hydrogen-bond acceptors (Lipinski definition) is 6. The van der Waals surface area contributed by atoms with Crippen molar-refractivity contribution in [3.8, 4) is 0 Å². The summed E-state index contributed by atoms with van der Waals surface area (Å²) in [4.78, 5) is 31.4. The number of aromatic nitrogens is 2. The van der Waals surface area contributed by atoms with Gasteiger partial charge in [-0.05, 0) is 13.3 Å². The summed E-state index contributed by atoms with van der Waals surface area (Å²) in [7, 11) is 0. The molecule has 2 aromatic heterocycles. The highest BCUT2D eigenvalue weighted by atomic mass is 32.1. The lowest BCUT2D eigenvalue weighted by Crippen LogP contribution is -2.35. The molecule has 3 heterocycles. The van der Waals surface area contributed by atoms with Crippen molar-refractivity contribution in [1.82, 2.24) is 15.0 Å². The molecule has 1 N–H and O–H groups in total. The average molecular weight is 334 g/mol. The van der Waals surface area contributed by atoms with Crippen LogP contribution < -0.4 is 5.32 Å². The molecule has 0 aromatic carbocycles. The fraction of sp³-hybridized carbons (Fsp3) is 0.467. The molecule has 0 spiro atoms. The van der Waals surface area contributed by atoms with Gasteiger partial charge < -0.3 is 9.42 Å². The van der Waals surface area contributed by atoms with Crippen LogP contribution in [0.5, 0.6) is 0 Å². The van der Waals surface area contributed by atoms with E-state index in [4.69, 9.17) is 4.52 Å². The van der Waals surface area contributed by atoms with Crippen LogP contribution in [0.4, 0.5) is 5.13 Å². The van der Waals surface area contributed by atoms with E-state index in [0.717, 1.165) is 23.4 Å². The van der Waals surface area contributed by atoms with Gasteiger partial charge in [0.2, 0.25) is 5.91 Å². The normalized spacial score (nSPS) is 13.7. The number of amides is 2. The number of nitrogens with zero attached hydrogens (tertiary/aromatic N) is 3. The third-order valence-corrected chi connectivity index (χ3v) is 4.63. The van der Waals surface area contributed by atoms with Crippen molar-refractivity contribution in [3.63, 3.8) is 0 Å². The molecule has 0 unspecified atom stereocenters. The smallest absolute Gasteiger partial charge is 0.279 e. The Hall–Kier alpha value is -2.22. The lowest BCUT2D eigenvalue weighted by atomic mass is 10.1. The minimum atomic E-state index is -0.341. The molecule has 2 aromatic rings. The summed E-state index contributed by atoms with van der Waals surface area (Å²) in [5, 5.41) is 6.96. The lowest BCUT2D eigenvalue weighted by Gasteiger charge is -2.25. The lowest BCUT2D eigenvalue weighted by molar-refractivity contribution is -0.132. The summed E-state index contributed by atoms with van der Waals surface area (Å²) in [5.41, 5.74) is 1.19. The molecule has 122 valence electrons. The van der Waals surface area contributed by atoms with Gasteiger partial charge in [-0.3, -0.25) is 14.9 Å². The molecule has 7 nitrogen and oxygen atoms in total. The number of hydrogen-bond donors (Lipinski definition) is 1. The van der Waals surface area contributed by atoms with Crippen molar-refractivity contribution in [2.75, 3.05) is 11.9 Å². The van der Waals surface area contributed by atoms with Crippen molar-refractivity contribution in [2.24, 2.45) is 0 Å². The molecule has 3 rings (SSSR count). The van der Waals surface area contributed by atoms with Gasteiger partial charge in [0.15, 0.2) is 10.8 Å². The molecule has 0 bridgehead atoms. The van der Waals surface area contributed by atoms with E-state index in [9.17, 15) is 9.59 Å². The largest absolute Gasteiger partial charge is 0.361 e. The maximum Gasteiger partial charge on any atom is 0.279 e. The Kier molecular flexibility index (Phi) is 4.42. The first-order valence-corrected chi connectivity index (χ1v) is 8.39. The summed E-state index contributed by atoms with van der Waals surface area (Å²) >= 11 is 1.41. The highest BCUT2D eigenvalue weighted by Gasteiger charge is 2.24. The van der Waals surface area contributed by atoms with E-state index >= 15 is 0 Å². The molecular formula is C15H18N4O3S. The van der Waals surface area contributed by atoms with E-state index in [1.54, 1.807) is 13.0 Å². The van der Waals surface area contributed by atoms with Crippen LogP contribution in [-0.2, 0) is 17.8 Å². The standard InChI is InChI=1S/C15H18N4O3S/c1-3-4-13(20)19-6-5-10-12(8-19)23-15(16-10)17-14(21)11-7-9(2)22-18-11/h7H,3-6,8H2,1-2H3,(H,16,17,21). The molecule has 1 aliphatic heterocycles. The van der Waals surface area contributed by atoms with Gasteiger partial charge >= 0.3 is 0 Å². The molecule has 0 atom stereocenters. The van der Waals surface area contributed by atoms with Crippen molar-refractivity contribution >= 4 is 28.3 Å². The zero-order chi connectivity index (χ0) is 16.4. The van der Waals surface area contributed by atoms with E-state index in [1.807, 2.05) is 11.8 Å². The van der Waals surface area contributed by atoms with Crippen molar-refractivity contribution in [2.45, 2.75) is 39.7 Å². The predicted octanol–water partition coefficient (Wildman–Crippen LogP) is 2.38. The van der Waals surface area contributed by atoms with Crippen LogP contribution in [0.3, 0.4) is 0 Å². The first kappa shape index (κ1) is 15.7. The Labute approximate surface area is 137 Å². The van der Waals surface area contributed by atoms with Crippen LogP contribution in [-0.4, -0.2) is 33.4 Å². The van der Waals surface area contributed by atoms with Crippen LogP contribution in [0.1, 0.15) is 46.6 Å². The first-order chi connectivity index (χ1) is 11.1. The summed E-state index contributed by atoms with van der Waals surface area (Å²) in [6, 6.07) is 1.58. The molecule has 23 heavy (non-hydrogen) atoms.